The average Bonchev–Trinajstić information content (AvgIpc) is 2.47. The van der Waals surface area contributed by atoms with E-state index in [2.05, 4.69) is 6.92 Å². The van der Waals surface area contributed by atoms with Gasteiger partial charge in [-0.3, -0.25) is 0 Å². The molecule has 0 radical (unpaired) electrons. The predicted octanol–water partition coefficient (Wildman–Crippen LogP) is 1.77. The van der Waals surface area contributed by atoms with Crippen LogP contribution in [0.1, 0.15) is 104 Å². The van der Waals surface area contributed by atoms with E-state index in [0.29, 0.717) is 12.8 Å². The van der Waals surface area contributed by atoms with Gasteiger partial charge in [0.05, 0.1) is 21.5 Å². The predicted molar refractivity (Wildman–Crippen MR) is 95.5 cm³/mol. The Labute approximate surface area is 192 Å². The Morgan fingerprint density at radius 2 is 1.25 bits per heavy atom. The van der Waals surface area contributed by atoms with Gasteiger partial charge in [-0.05, 0) is 19.3 Å². The SMILES string of the molecule is CCCCCCCCCCCCC(CC(O)CCC)S(=O)(=O)[O-].[K+]. The van der Waals surface area contributed by atoms with Crippen molar-refractivity contribution in [3.05, 3.63) is 0 Å². The standard InChI is InChI=1S/C18H38O4S.K/c1-3-5-6-7-8-9-10-11-12-13-15-18(23(20,21)22)16-17(19)14-4-2;/h17-19H,3-16H2,1-2H3,(H,20,21,22);/q;+1/p-1. The number of aliphatic hydroxyl groups excluding tert-OH is 1. The molecule has 6 heteroatoms. The maximum atomic E-state index is 11.3. The average molecular weight is 389 g/mol. The molecule has 0 aromatic heterocycles. The largest absolute Gasteiger partial charge is 1.00 e. The molecule has 0 aliphatic rings. The summed E-state index contributed by atoms with van der Waals surface area (Å²) in [6, 6.07) is 0. The number of aliphatic hydroxyl groups is 1. The molecule has 0 rings (SSSR count). The van der Waals surface area contributed by atoms with Crippen LogP contribution in [0.25, 0.3) is 0 Å². The van der Waals surface area contributed by atoms with Crippen LogP contribution in [0.4, 0.5) is 0 Å². The van der Waals surface area contributed by atoms with Crippen molar-refractivity contribution in [3.63, 3.8) is 0 Å². The molecule has 1 N–H and O–H groups in total. The molecule has 4 nitrogen and oxygen atoms in total. The Kier molecular flexibility index (Phi) is 20.7. The Morgan fingerprint density at radius 1 is 0.792 bits per heavy atom. The molecule has 0 aromatic carbocycles. The molecule has 0 aliphatic heterocycles. The van der Waals surface area contributed by atoms with E-state index >= 15 is 0 Å². The van der Waals surface area contributed by atoms with Gasteiger partial charge in [0, 0.05) is 0 Å². The van der Waals surface area contributed by atoms with Crippen LogP contribution in [-0.4, -0.2) is 29.4 Å². The van der Waals surface area contributed by atoms with Crippen molar-refractivity contribution in [2.45, 2.75) is 115 Å². The number of hydrogen-bond acceptors (Lipinski definition) is 4. The molecule has 0 aromatic rings. The van der Waals surface area contributed by atoms with Crippen molar-refractivity contribution in [1.29, 1.82) is 0 Å². The first-order valence-electron chi connectivity index (χ1n) is 9.54. The van der Waals surface area contributed by atoms with Gasteiger partial charge in [-0.1, -0.05) is 84.5 Å². The zero-order chi connectivity index (χ0) is 17.6. The van der Waals surface area contributed by atoms with Gasteiger partial charge in [-0.2, -0.15) is 0 Å². The summed E-state index contributed by atoms with van der Waals surface area (Å²) >= 11 is 0. The molecule has 140 valence electrons. The van der Waals surface area contributed by atoms with Crippen LogP contribution in [0.5, 0.6) is 0 Å². The van der Waals surface area contributed by atoms with Gasteiger partial charge in [0.1, 0.15) is 0 Å². The van der Waals surface area contributed by atoms with Crippen molar-refractivity contribution >= 4 is 10.1 Å². The molecule has 0 bridgehead atoms. The minimum Gasteiger partial charge on any atom is -0.748 e. The van der Waals surface area contributed by atoms with E-state index in [1.165, 1.54) is 44.9 Å². The van der Waals surface area contributed by atoms with Crippen LogP contribution in [0.3, 0.4) is 0 Å². The van der Waals surface area contributed by atoms with Crippen molar-refractivity contribution in [2.24, 2.45) is 0 Å². The second-order valence-corrected chi connectivity index (χ2v) is 8.42. The van der Waals surface area contributed by atoms with Gasteiger partial charge in [0.15, 0.2) is 0 Å². The fourth-order valence-electron chi connectivity index (χ4n) is 2.99. The first kappa shape index (κ1) is 27.7. The fraction of sp³-hybridized carbons (Fsp3) is 1.00. The number of unbranched alkanes of at least 4 members (excludes halogenated alkanes) is 9. The molecule has 0 saturated carbocycles. The van der Waals surface area contributed by atoms with Crippen LogP contribution in [0, 0.1) is 0 Å². The van der Waals surface area contributed by atoms with E-state index < -0.39 is 21.5 Å². The maximum Gasteiger partial charge on any atom is 1.00 e. The van der Waals surface area contributed by atoms with E-state index in [1.807, 2.05) is 6.92 Å². The molecule has 2 unspecified atom stereocenters. The zero-order valence-electron chi connectivity index (χ0n) is 16.1. The normalized spacial score (nSPS) is 14.2. The monoisotopic (exact) mass is 388 g/mol. The van der Waals surface area contributed by atoms with Crippen molar-refractivity contribution in [2.75, 3.05) is 0 Å². The van der Waals surface area contributed by atoms with Gasteiger partial charge in [-0.25, -0.2) is 8.42 Å². The second-order valence-electron chi connectivity index (χ2n) is 6.76. The zero-order valence-corrected chi connectivity index (χ0v) is 20.1. The summed E-state index contributed by atoms with van der Waals surface area (Å²) in [7, 11) is -4.30. The quantitative estimate of drug-likeness (QED) is 0.248. The summed E-state index contributed by atoms with van der Waals surface area (Å²) in [5, 5.41) is 8.82. The fourth-order valence-corrected chi connectivity index (χ4v) is 3.91. The van der Waals surface area contributed by atoms with Crippen LogP contribution in [-0.2, 0) is 10.1 Å². The molecule has 0 heterocycles. The minimum atomic E-state index is -4.30. The van der Waals surface area contributed by atoms with E-state index in [1.54, 1.807) is 0 Å². The first-order valence-corrected chi connectivity index (χ1v) is 11.0. The van der Waals surface area contributed by atoms with E-state index in [-0.39, 0.29) is 57.8 Å². The molecule has 0 amide bonds. The molecular weight excluding hydrogens is 351 g/mol. The smallest absolute Gasteiger partial charge is 0.748 e. The molecule has 2 atom stereocenters. The summed E-state index contributed by atoms with van der Waals surface area (Å²) in [4.78, 5) is 0. The van der Waals surface area contributed by atoms with E-state index in [9.17, 15) is 18.1 Å². The third-order valence-electron chi connectivity index (χ3n) is 4.44. The molecule has 0 aliphatic carbocycles. The Balaban J connectivity index is 0. The van der Waals surface area contributed by atoms with Crippen molar-refractivity contribution in [3.8, 4) is 0 Å². The summed E-state index contributed by atoms with van der Waals surface area (Å²) in [5.74, 6) is 0. The van der Waals surface area contributed by atoms with Crippen LogP contribution in [0.2, 0.25) is 0 Å². The third-order valence-corrected chi connectivity index (χ3v) is 5.69. The van der Waals surface area contributed by atoms with Crippen LogP contribution >= 0.6 is 0 Å². The van der Waals surface area contributed by atoms with Gasteiger partial charge in [-0.15, -0.1) is 0 Å². The summed E-state index contributed by atoms with van der Waals surface area (Å²) in [6.45, 7) is 4.16. The van der Waals surface area contributed by atoms with Gasteiger partial charge < -0.3 is 9.66 Å². The molecule has 0 spiro atoms. The molecular formula is C18H37KO4S. The van der Waals surface area contributed by atoms with Crippen LogP contribution < -0.4 is 51.4 Å². The molecule has 0 fully saturated rings. The van der Waals surface area contributed by atoms with Crippen LogP contribution in [0.15, 0.2) is 0 Å². The van der Waals surface area contributed by atoms with E-state index in [4.69, 9.17) is 0 Å². The van der Waals surface area contributed by atoms with Gasteiger partial charge >= 0.3 is 51.4 Å². The second kappa shape index (κ2) is 17.9. The molecule has 24 heavy (non-hydrogen) atoms. The first-order chi connectivity index (χ1) is 10.9. The Morgan fingerprint density at radius 3 is 1.67 bits per heavy atom. The van der Waals surface area contributed by atoms with Crippen molar-refractivity contribution in [1.82, 2.24) is 0 Å². The maximum absolute atomic E-state index is 11.3. The third kappa shape index (κ3) is 16.9. The number of hydrogen-bond donors (Lipinski definition) is 1. The summed E-state index contributed by atoms with van der Waals surface area (Å²) in [6.07, 6.45) is 13.0. The minimum absolute atomic E-state index is 0. The van der Waals surface area contributed by atoms with E-state index in [0.717, 1.165) is 25.7 Å². The number of rotatable bonds is 16. The van der Waals surface area contributed by atoms with Gasteiger partial charge in [0.2, 0.25) is 0 Å². The molecule has 0 saturated heterocycles. The summed E-state index contributed by atoms with van der Waals surface area (Å²) in [5.41, 5.74) is 0. The Hall–Kier alpha value is 1.51. The summed E-state index contributed by atoms with van der Waals surface area (Å²) < 4.78 is 33.9. The topological polar surface area (TPSA) is 77.4 Å². The van der Waals surface area contributed by atoms with Gasteiger partial charge in [0.25, 0.3) is 0 Å². The Bertz CT molecular complexity index is 360. The van der Waals surface area contributed by atoms with Crippen molar-refractivity contribution < 1.29 is 69.5 Å².